The number of amides is 2. The lowest BCUT2D eigenvalue weighted by Gasteiger charge is -2.22. The first-order valence-corrected chi connectivity index (χ1v) is 11.7. The van der Waals surface area contributed by atoms with Crippen LogP contribution in [0.3, 0.4) is 0 Å². The van der Waals surface area contributed by atoms with Gasteiger partial charge in [0.25, 0.3) is 11.6 Å². The minimum absolute atomic E-state index is 0.0463. The van der Waals surface area contributed by atoms with E-state index in [4.69, 9.17) is 0 Å². The second-order valence-corrected chi connectivity index (χ2v) is 8.73. The van der Waals surface area contributed by atoms with Crippen LogP contribution >= 0.6 is 11.8 Å². The van der Waals surface area contributed by atoms with Crippen molar-refractivity contribution in [2.24, 2.45) is 5.92 Å². The summed E-state index contributed by atoms with van der Waals surface area (Å²) in [6.45, 7) is 6.51. The fraction of sp³-hybridized carbons (Fsp3) is 0.304. The van der Waals surface area contributed by atoms with Gasteiger partial charge in [-0.05, 0) is 37.1 Å². The number of anilines is 1. The zero-order valence-electron chi connectivity index (χ0n) is 19.1. The van der Waals surface area contributed by atoms with Gasteiger partial charge in [-0.3, -0.25) is 19.7 Å². The average Bonchev–Trinajstić information content (AvgIpc) is 3.24. The van der Waals surface area contributed by atoms with E-state index in [0.29, 0.717) is 28.8 Å². The van der Waals surface area contributed by atoms with Crippen molar-refractivity contribution in [2.75, 3.05) is 11.1 Å². The van der Waals surface area contributed by atoms with Crippen LogP contribution in [0, 0.1) is 16.0 Å². The number of carbonyl (C=O) groups is 2. The number of nitro benzene ring substituents is 1. The molecule has 0 aliphatic rings. The van der Waals surface area contributed by atoms with E-state index < -0.39 is 4.92 Å². The highest BCUT2D eigenvalue weighted by Gasteiger charge is 2.26. The third-order valence-electron chi connectivity index (χ3n) is 5.02. The molecule has 1 heterocycles. The van der Waals surface area contributed by atoms with E-state index in [1.54, 1.807) is 12.1 Å². The predicted molar refractivity (Wildman–Crippen MR) is 130 cm³/mol. The Morgan fingerprint density at radius 1 is 1.09 bits per heavy atom. The Balaban J connectivity index is 1.67. The predicted octanol–water partition coefficient (Wildman–Crippen LogP) is 4.06. The highest BCUT2D eigenvalue weighted by Crippen LogP contribution is 2.26. The molecule has 2 aromatic carbocycles. The topological polar surface area (TPSA) is 132 Å². The second kappa shape index (κ2) is 11.4. The Morgan fingerprint density at radius 2 is 1.76 bits per heavy atom. The molecule has 0 bridgehead atoms. The van der Waals surface area contributed by atoms with Gasteiger partial charge in [-0.2, -0.15) is 0 Å². The summed E-state index contributed by atoms with van der Waals surface area (Å²) in [6, 6.07) is 14.2. The molecule has 1 atom stereocenters. The minimum Gasteiger partial charge on any atom is -0.342 e. The minimum atomic E-state index is -0.497. The van der Waals surface area contributed by atoms with Crippen LogP contribution in [0.2, 0.25) is 0 Å². The summed E-state index contributed by atoms with van der Waals surface area (Å²) in [4.78, 5) is 35.4. The number of hydrogen-bond acceptors (Lipinski definition) is 7. The molecule has 0 radical (unpaired) electrons. The lowest BCUT2D eigenvalue weighted by atomic mass is 10.0. The standard InChI is InChI=1S/C23H26N6O4S/c1-4-28-21(20(15(2)3)25-22(31)16-8-6-5-7-9-16)26-27-23(28)34-14-19(30)24-17-10-12-18(13-11-17)29(32)33/h5-13,15,20H,4,14H2,1-3H3,(H,24,30)(H,25,31). The van der Waals surface area contributed by atoms with Gasteiger partial charge in [0.05, 0.1) is 16.7 Å². The lowest BCUT2D eigenvalue weighted by Crippen LogP contribution is -2.33. The highest BCUT2D eigenvalue weighted by atomic mass is 32.2. The maximum absolute atomic E-state index is 12.7. The molecule has 34 heavy (non-hydrogen) atoms. The Labute approximate surface area is 201 Å². The molecule has 0 aliphatic carbocycles. The van der Waals surface area contributed by atoms with E-state index in [2.05, 4.69) is 20.8 Å². The van der Waals surface area contributed by atoms with Gasteiger partial charge in [0.2, 0.25) is 5.91 Å². The molecule has 0 fully saturated rings. The van der Waals surface area contributed by atoms with Crippen LogP contribution in [0.15, 0.2) is 59.8 Å². The fourth-order valence-electron chi connectivity index (χ4n) is 3.27. The zero-order valence-corrected chi connectivity index (χ0v) is 19.9. The monoisotopic (exact) mass is 482 g/mol. The number of nitrogens with zero attached hydrogens (tertiary/aromatic N) is 4. The van der Waals surface area contributed by atoms with E-state index in [1.807, 2.05) is 43.5 Å². The fourth-order valence-corrected chi connectivity index (χ4v) is 4.08. The van der Waals surface area contributed by atoms with Crippen LogP contribution in [0.5, 0.6) is 0 Å². The molecular weight excluding hydrogens is 456 g/mol. The molecule has 11 heteroatoms. The molecule has 3 rings (SSSR count). The van der Waals surface area contributed by atoms with Gasteiger partial charge in [0, 0.05) is 29.9 Å². The van der Waals surface area contributed by atoms with Crippen molar-refractivity contribution in [1.29, 1.82) is 0 Å². The molecule has 0 saturated heterocycles. The molecule has 0 aliphatic heterocycles. The van der Waals surface area contributed by atoms with E-state index in [-0.39, 0.29) is 35.2 Å². The van der Waals surface area contributed by atoms with Gasteiger partial charge < -0.3 is 15.2 Å². The van der Waals surface area contributed by atoms with Crippen molar-refractivity contribution in [3.63, 3.8) is 0 Å². The van der Waals surface area contributed by atoms with Crippen molar-refractivity contribution in [3.05, 3.63) is 76.1 Å². The maximum atomic E-state index is 12.7. The normalized spacial score (nSPS) is 11.8. The molecule has 2 N–H and O–H groups in total. The largest absolute Gasteiger partial charge is 0.342 e. The number of benzene rings is 2. The van der Waals surface area contributed by atoms with Crippen molar-refractivity contribution in [3.8, 4) is 0 Å². The van der Waals surface area contributed by atoms with Gasteiger partial charge in [-0.15, -0.1) is 10.2 Å². The average molecular weight is 483 g/mol. The number of rotatable bonds is 10. The number of nitrogens with one attached hydrogen (secondary N) is 2. The van der Waals surface area contributed by atoms with Gasteiger partial charge in [-0.25, -0.2) is 0 Å². The van der Waals surface area contributed by atoms with E-state index in [1.165, 1.54) is 36.0 Å². The van der Waals surface area contributed by atoms with Crippen LogP contribution in [0.4, 0.5) is 11.4 Å². The maximum Gasteiger partial charge on any atom is 0.269 e. The van der Waals surface area contributed by atoms with E-state index in [9.17, 15) is 19.7 Å². The quantitative estimate of drug-likeness (QED) is 0.253. The first kappa shape index (κ1) is 24.9. The first-order chi connectivity index (χ1) is 16.3. The van der Waals surface area contributed by atoms with Gasteiger partial charge in [-0.1, -0.05) is 43.8 Å². The Morgan fingerprint density at radius 3 is 2.35 bits per heavy atom. The van der Waals surface area contributed by atoms with Gasteiger partial charge in [0.1, 0.15) is 0 Å². The summed E-state index contributed by atoms with van der Waals surface area (Å²) >= 11 is 1.23. The Kier molecular flexibility index (Phi) is 8.36. The molecule has 3 aromatic rings. The summed E-state index contributed by atoms with van der Waals surface area (Å²) in [5, 5.41) is 25.7. The molecule has 2 amide bonds. The molecule has 1 unspecified atom stereocenters. The van der Waals surface area contributed by atoms with Crippen molar-refractivity contribution in [2.45, 2.75) is 38.5 Å². The number of carbonyl (C=O) groups excluding carboxylic acids is 2. The first-order valence-electron chi connectivity index (χ1n) is 10.8. The van der Waals surface area contributed by atoms with Crippen LogP contribution in [0.25, 0.3) is 0 Å². The number of non-ortho nitro benzene ring substituents is 1. The molecule has 178 valence electrons. The van der Waals surface area contributed by atoms with Crippen molar-refractivity contribution in [1.82, 2.24) is 20.1 Å². The molecule has 1 aromatic heterocycles. The smallest absolute Gasteiger partial charge is 0.269 e. The summed E-state index contributed by atoms with van der Waals surface area (Å²) in [7, 11) is 0. The molecule has 10 nitrogen and oxygen atoms in total. The van der Waals surface area contributed by atoms with Crippen LogP contribution in [0.1, 0.15) is 43.0 Å². The number of nitro groups is 1. The second-order valence-electron chi connectivity index (χ2n) is 7.79. The highest BCUT2D eigenvalue weighted by molar-refractivity contribution is 7.99. The van der Waals surface area contributed by atoms with Crippen LogP contribution in [-0.4, -0.2) is 37.3 Å². The Bertz CT molecular complexity index is 1150. The van der Waals surface area contributed by atoms with Crippen LogP contribution in [-0.2, 0) is 11.3 Å². The summed E-state index contributed by atoms with van der Waals surface area (Å²) in [5.41, 5.74) is 0.987. The number of hydrogen-bond donors (Lipinski definition) is 2. The molecule has 0 spiro atoms. The summed E-state index contributed by atoms with van der Waals surface area (Å²) in [6.07, 6.45) is 0. The van der Waals surface area contributed by atoms with Gasteiger partial charge >= 0.3 is 0 Å². The van der Waals surface area contributed by atoms with Gasteiger partial charge in [0.15, 0.2) is 11.0 Å². The third-order valence-corrected chi connectivity index (χ3v) is 5.99. The van der Waals surface area contributed by atoms with E-state index in [0.717, 1.165) is 0 Å². The number of thioether (sulfide) groups is 1. The summed E-state index contributed by atoms with van der Waals surface area (Å²) in [5.74, 6) is 0.300. The van der Waals surface area contributed by atoms with Crippen molar-refractivity contribution < 1.29 is 14.5 Å². The molecular formula is C23H26N6O4S. The molecule has 0 saturated carbocycles. The van der Waals surface area contributed by atoms with Crippen molar-refractivity contribution >= 4 is 35.0 Å². The van der Waals surface area contributed by atoms with Crippen LogP contribution < -0.4 is 10.6 Å². The number of aromatic nitrogens is 3. The third kappa shape index (κ3) is 6.19. The zero-order chi connectivity index (χ0) is 24.7. The Hall–Kier alpha value is -3.73. The lowest BCUT2D eigenvalue weighted by molar-refractivity contribution is -0.384. The SMILES string of the molecule is CCn1c(SCC(=O)Nc2ccc([N+](=O)[O-])cc2)nnc1C(NC(=O)c1ccccc1)C(C)C. The van der Waals surface area contributed by atoms with E-state index >= 15 is 0 Å². The summed E-state index contributed by atoms with van der Waals surface area (Å²) < 4.78 is 1.89.